The SMILES string of the molecule is COc1cc([N+](=O)[O-])ccc1NC(=S)NC(=O)c1cccc(OC(C)C)c1. The van der Waals surface area contributed by atoms with Gasteiger partial charge in [-0.3, -0.25) is 20.2 Å². The number of anilines is 1. The Bertz CT molecular complexity index is 870. The maximum atomic E-state index is 12.4. The number of amides is 1. The number of nitro benzene ring substituents is 1. The third-order valence-electron chi connectivity index (χ3n) is 3.34. The lowest BCUT2D eigenvalue weighted by Gasteiger charge is -2.13. The number of rotatable bonds is 6. The molecule has 8 nitrogen and oxygen atoms in total. The summed E-state index contributed by atoms with van der Waals surface area (Å²) in [6.07, 6.45) is -0.0133. The Morgan fingerprint density at radius 3 is 2.59 bits per heavy atom. The van der Waals surface area contributed by atoms with Gasteiger partial charge in [0.25, 0.3) is 11.6 Å². The van der Waals surface area contributed by atoms with E-state index in [0.29, 0.717) is 17.0 Å². The highest BCUT2D eigenvalue weighted by atomic mass is 32.1. The van der Waals surface area contributed by atoms with E-state index in [2.05, 4.69) is 10.6 Å². The van der Waals surface area contributed by atoms with Crippen molar-refractivity contribution in [3.8, 4) is 11.5 Å². The van der Waals surface area contributed by atoms with Crippen LogP contribution in [-0.2, 0) is 0 Å². The summed E-state index contributed by atoms with van der Waals surface area (Å²) in [7, 11) is 1.38. The summed E-state index contributed by atoms with van der Waals surface area (Å²) in [4.78, 5) is 22.7. The number of methoxy groups -OCH3 is 1. The van der Waals surface area contributed by atoms with Crippen molar-refractivity contribution < 1.29 is 19.2 Å². The molecule has 0 saturated heterocycles. The second-order valence-corrected chi connectivity index (χ2v) is 6.15. The Labute approximate surface area is 161 Å². The number of nitrogens with zero attached hydrogens (tertiary/aromatic N) is 1. The molecule has 2 aromatic carbocycles. The van der Waals surface area contributed by atoms with E-state index in [1.165, 1.54) is 25.3 Å². The molecular weight excluding hydrogens is 370 g/mol. The van der Waals surface area contributed by atoms with Crippen molar-refractivity contribution in [2.45, 2.75) is 20.0 Å². The molecular formula is C18H19N3O5S. The van der Waals surface area contributed by atoms with Gasteiger partial charge in [-0.2, -0.15) is 0 Å². The van der Waals surface area contributed by atoms with Gasteiger partial charge in [0, 0.05) is 11.6 Å². The van der Waals surface area contributed by atoms with E-state index in [1.54, 1.807) is 24.3 Å². The first-order valence-electron chi connectivity index (χ1n) is 8.01. The minimum atomic E-state index is -0.529. The Morgan fingerprint density at radius 2 is 1.96 bits per heavy atom. The highest BCUT2D eigenvalue weighted by Gasteiger charge is 2.14. The summed E-state index contributed by atoms with van der Waals surface area (Å²) in [5, 5.41) is 16.2. The van der Waals surface area contributed by atoms with Crippen LogP contribution >= 0.6 is 12.2 Å². The van der Waals surface area contributed by atoms with Gasteiger partial charge in [0.2, 0.25) is 0 Å². The van der Waals surface area contributed by atoms with E-state index < -0.39 is 10.8 Å². The van der Waals surface area contributed by atoms with Crippen LogP contribution in [0.3, 0.4) is 0 Å². The maximum absolute atomic E-state index is 12.4. The van der Waals surface area contributed by atoms with Crippen molar-refractivity contribution in [1.82, 2.24) is 5.32 Å². The lowest BCUT2D eigenvalue weighted by molar-refractivity contribution is -0.384. The molecule has 0 aliphatic rings. The minimum Gasteiger partial charge on any atom is -0.494 e. The summed E-state index contributed by atoms with van der Waals surface area (Å²) in [6.45, 7) is 3.78. The molecule has 0 aliphatic heterocycles. The maximum Gasteiger partial charge on any atom is 0.273 e. The van der Waals surface area contributed by atoms with Gasteiger partial charge in [-0.1, -0.05) is 6.07 Å². The number of ether oxygens (including phenoxy) is 2. The molecule has 1 amide bonds. The van der Waals surface area contributed by atoms with Crippen molar-refractivity contribution in [1.29, 1.82) is 0 Å². The molecule has 142 valence electrons. The molecule has 2 N–H and O–H groups in total. The lowest BCUT2D eigenvalue weighted by atomic mass is 10.2. The summed E-state index contributed by atoms with van der Waals surface area (Å²) >= 11 is 5.14. The normalized spacial score (nSPS) is 10.2. The highest BCUT2D eigenvalue weighted by molar-refractivity contribution is 7.80. The molecule has 0 heterocycles. The molecule has 0 unspecified atom stereocenters. The van der Waals surface area contributed by atoms with E-state index in [4.69, 9.17) is 21.7 Å². The van der Waals surface area contributed by atoms with E-state index >= 15 is 0 Å². The van der Waals surface area contributed by atoms with Crippen LogP contribution in [-0.4, -0.2) is 29.2 Å². The molecule has 27 heavy (non-hydrogen) atoms. The van der Waals surface area contributed by atoms with Crippen molar-refractivity contribution in [3.05, 3.63) is 58.1 Å². The van der Waals surface area contributed by atoms with E-state index in [1.807, 2.05) is 13.8 Å². The van der Waals surface area contributed by atoms with Gasteiger partial charge >= 0.3 is 0 Å². The zero-order valence-electron chi connectivity index (χ0n) is 15.0. The van der Waals surface area contributed by atoms with Gasteiger partial charge in [0.05, 0.1) is 29.9 Å². The molecule has 0 aromatic heterocycles. The van der Waals surface area contributed by atoms with Gasteiger partial charge in [-0.25, -0.2) is 0 Å². The second kappa shape index (κ2) is 8.95. The molecule has 0 bridgehead atoms. The van der Waals surface area contributed by atoms with E-state index in [0.717, 1.165) is 0 Å². The van der Waals surface area contributed by atoms with Crippen LogP contribution in [0.1, 0.15) is 24.2 Å². The molecule has 0 atom stereocenters. The van der Waals surface area contributed by atoms with Gasteiger partial charge in [-0.05, 0) is 50.3 Å². The Balaban J connectivity index is 2.07. The molecule has 2 aromatic rings. The first-order chi connectivity index (χ1) is 12.8. The highest BCUT2D eigenvalue weighted by Crippen LogP contribution is 2.28. The van der Waals surface area contributed by atoms with Crippen molar-refractivity contribution in [2.24, 2.45) is 0 Å². The van der Waals surface area contributed by atoms with Crippen molar-refractivity contribution in [3.63, 3.8) is 0 Å². The van der Waals surface area contributed by atoms with Crippen LogP contribution in [0.25, 0.3) is 0 Å². The van der Waals surface area contributed by atoms with Gasteiger partial charge in [-0.15, -0.1) is 0 Å². The Kier molecular flexibility index (Phi) is 6.67. The number of nitro groups is 1. The zero-order chi connectivity index (χ0) is 20.0. The van der Waals surface area contributed by atoms with Crippen molar-refractivity contribution >= 4 is 34.6 Å². The molecule has 0 saturated carbocycles. The number of non-ortho nitro benzene ring substituents is 1. The number of carbonyl (C=O) groups excluding carboxylic acids is 1. The summed E-state index contributed by atoms with van der Waals surface area (Å²) < 4.78 is 10.7. The molecule has 0 spiro atoms. The number of benzene rings is 2. The predicted octanol–water partition coefficient (Wildman–Crippen LogP) is 3.52. The minimum absolute atomic E-state index is 0.0133. The van der Waals surface area contributed by atoms with Gasteiger partial charge < -0.3 is 14.8 Å². The largest absolute Gasteiger partial charge is 0.494 e. The van der Waals surface area contributed by atoms with Crippen LogP contribution in [0.5, 0.6) is 11.5 Å². The number of thiocarbonyl (C=S) groups is 1. The predicted molar refractivity (Wildman–Crippen MR) is 106 cm³/mol. The monoisotopic (exact) mass is 389 g/mol. The Morgan fingerprint density at radius 1 is 1.22 bits per heavy atom. The fraction of sp³-hybridized carbons (Fsp3) is 0.222. The number of carbonyl (C=O) groups is 1. The number of hydrogen-bond acceptors (Lipinski definition) is 6. The molecule has 0 aliphatic carbocycles. The fourth-order valence-corrected chi connectivity index (χ4v) is 2.41. The zero-order valence-corrected chi connectivity index (χ0v) is 15.8. The molecule has 0 fully saturated rings. The topological polar surface area (TPSA) is 103 Å². The van der Waals surface area contributed by atoms with Crippen LogP contribution < -0.4 is 20.1 Å². The molecule has 2 rings (SSSR count). The Hall–Kier alpha value is -3.20. The van der Waals surface area contributed by atoms with Crippen molar-refractivity contribution in [2.75, 3.05) is 12.4 Å². The standard InChI is InChI=1S/C18H19N3O5S/c1-11(2)26-14-6-4-5-12(9-14)17(22)20-18(27)19-15-8-7-13(21(23)24)10-16(15)25-3/h4-11H,1-3H3,(H2,19,20,22,27). The fourth-order valence-electron chi connectivity index (χ4n) is 2.21. The van der Waals surface area contributed by atoms with Gasteiger partial charge in [0.1, 0.15) is 11.5 Å². The van der Waals surface area contributed by atoms with E-state index in [-0.39, 0.29) is 22.7 Å². The van der Waals surface area contributed by atoms with E-state index in [9.17, 15) is 14.9 Å². The van der Waals surface area contributed by atoms with Crippen LogP contribution in [0.4, 0.5) is 11.4 Å². The lowest BCUT2D eigenvalue weighted by Crippen LogP contribution is -2.34. The summed E-state index contributed by atoms with van der Waals surface area (Å²) in [6, 6.07) is 10.7. The molecule has 9 heteroatoms. The first-order valence-corrected chi connectivity index (χ1v) is 8.42. The third-order valence-corrected chi connectivity index (χ3v) is 3.54. The third kappa shape index (κ3) is 5.65. The number of hydrogen-bond donors (Lipinski definition) is 2. The van der Waals surface area contributed by atoms with Crippen LogP contribution in [0.2, 0.25) is 0 Å². The summed E-state index contributed by atoms with van der Waals surface area (Å²) in [5.74, 6) is 0.393. The average molecular weight is 389 g/mol. The van der Waals surface area contributed by atoms with Crippen LogP contribution in [0.15, 0.2) is 42.5 Å². The van der Waals surface area contributed by atoms with Gasteiger partial charge in [0.15, 0.2) is 5.11 Å². The quantitative estimate of drug-likeness (QED) is 0.443. The average Bonchev–Trinajstić information content (AvgIpc) is 2.61. The number of nitrogens with one attached hydrogen (secondary N) is 2. The van der Waals surface area contributed by atoms with Crippen LogP contribution in [0, 0.1) is 10.1 Å². The first kappa shape index (κ1) is 20.1. The summed E-state index contributed by atoms with van der Waals surface area (Å²) in [5.41, 5.74) is 0.660. The second-order valence-electron chi connectivity index (χ2n) is 5.74. The molecule has 0 radical (unpaired) electrons. The smallest absolute Gasteiger partial charge is 0.273 e.